The van der Waals surface area contributed by atoms with Gasteiger partial charge in [-0.2, -0.15) is 0 Å². The molecule has 0 aromatic carbocycles. The highest BCUT2D eigenvalue weighted by atomic mass is 32.2. The predicted molar refractivity (Wildman–Crippen MR) is 130 cm³/mol. The molecule has 3 fully saturated rings. The van der Waals surface area contributed by atoms with E-state index >= 15 is 0 Å². The van der Waals surface area contributed by atoms with E-state index < -0.39 is 0 Å². The number of hydrogen-bond donors (Lipinski definition) is 0. The lowest BCUT2D eigenvalue weighted by Gasteiger charge is -2.45. The van der Waals surface area contributed by atoms with Crippen molar-refractivity contribution in [2.45, 2.75) is 70.0 Å². The van der Waals surface area contributed by atoms with Crippen LogP contribution in [0.4, 0.5) is 0 Å². The third-order valence-corrected chi connectivity index (χ3v) is 9.14. The minimum atomic E-state index is -0.252. The third kappa shape index (κ3) is 6.88. The van der Waals surface area contributed by atoms with Crippen LogP contribution < -0.4 is 0 Å². The molecule has 0 spiro atoms. The highest BCUT2D eigenvalue weighted by Gasteiger charge is 2.35. The van der Waals surface area contributed by atoms with Crippen LogP contribution in [0.15, 0.2) is 0 Å². The fraction of sp³-hybridized carbons (Fsp3) is 0.957. The van der Waals surface area contributed by atoms with Gasteiger partial charge in [0.05, 0.1) is 16.6 Å². The van der Waals surface area contributed by atoms with Gasteiger partial charge in [0, 0.05) is 44.6 Å². The lowest BCUT2D eigenvalue weighted by Crippen LogP contribution is -2.52. The molecule has 0 amide bonds. The van der Waals surface area contributed by atoms with Crippen LogP contribution in [0.5, 0.6) is 0 Å². The van der Waals surface area contributed by atoms with Crippen molar-refractivity contribution in [2.24, 2.45) is 11.8 Å². The van der Waals surface area contributed by atoms with Crippen molar-refractivity contribution in [3.63, 3.8) is 0 Å². The SMILES string of the molecule is CSC(C)(C)N1CCC(CN2CCN(C[C@H]3C[C@H](OC(C)(C)C=S)C3)CC2)CC1. The first-order chi connectivity index (χ1) is 13.7. The maximum atomic E-state index is 6.09. The molecule has 0 atom stereocenters. The predicted octanol–water partition coefficient (Wildman–Crippen LogP) is 3.99. The van der Waals surface area contributed by atoms with E-state index in [0.29, 0.717) is 11.0 Å². The Morgan fingerprint density at radius 1 is 0.897 bits per heavy atom. The lowest BCUT2D eigenvalue weighted by atomic mass is 9.81. The van der Waals surface area contributed by atoms with Crippen molar-refractivity contribution in [1.29, 1.82) is 0 Å². The Balaban J connectivity index is 1.29. The highest BCUT2D eigenvalue weighted by Crippen LogP contribution is 2.34. The number of piperidine rings is 1. The van der Waals surface area contributed by atoms with Gasteiger partial charge < -0.3 is 14.5 Å². The average Bonchev–Trinajstić information content (AvgIpc) is 2.68. The number of nitrogens with zero attached hydrogens (tertiary/aromatic N) is 3. The number of rotatable bonds is 9. The van der Waals surface area contributed by atoms with Gasteiger partial charge in [0.2, 0.25) is 0 Å². The second kappa shape index (κ2) is 10.3. The van der Waals surface area contributed by atoms with Crippen molar-refractivity contribution in [3.8, 4) is 0 Å². The summed E-state index contributed by atoms with van der Waals surface area (Å²) in [6.07, 6.45) is 7.80. The number of hydrogen-bond acceptors (Lipinski definition) is 6. The summed E-state index contributed by atoms with van der Waals surface area (Å²) < 4.78 is 6.09. The fourth-order valence-electron chi connectivity index (χ4n) is 5.05. The Labute approximate surface area is 189 Å². The molecule has 6 heteroatoms. The molecule has 0 unspecified atom stereocenters. The summed E-state index contributed by atoms with van der Waals surface area (Å²) in [6, 6.07) is 0. The molecule has 2 aliphatic heterocycles. The van der Waals surface area contributed by atoms with Gasteiger partial charge in [-0.25, -0.2) is 0 Å². The standard InChI is InChI=1S/C23H43N3OS2/c1-22(2,18-28)27-21-14-20(15-21)17-25-12-10-24(11-13-25)16-19-6-8-26(9-7-19)23(3,4)29-5/h18-21H,6-17H2,1-5H3/t20-,21-. The molecule has 2 heterocycles. The van der Waals surface area contributed by atoms with E-state index in [0.717, 1.165) is 11.8 Å². The Kier molecular flexibility index (Phi) is 8.47. The average molecular weight is 442 g/mol. The smallest absolute Gasteiger partial charge is 0.0911 e. The van der Waals surface area contributed by atoms with E-state index in [4.69, 9.17) is 17.0 Å². The molecule has 0 N–H and O–H groups in total. The van der Waals surface area contributed by atoms with Crippen molar-refractivity contribution in [1.82, 2.24) is 14.7 Å². The molecule has 0 aromatic heterocycles. The number of piperazine rings is 1. The van der Waals surface area contributed by atoms with Crippen molar-refractivity contribution in [2.75, 3.05) is 58.6 Å². The van der Waals surface area contributed by atoms with Gasteiger partial charge in [-0.05, 0) is 84.6 Å². The van der Waals surface area contributed by atoms with Crippen LogP contribution in [0.25, 0.3) is 0 Å². The van der Waals surface area contributed by atoms with E-state index in [1.807, 2.05) is 11.8 Å². The van der Waals surface area contributed by atoms with Crippen molar-refractivity contribution >= 4 is 29.3 Å². The van der Waals surface area contributed by atoms with Gasteiger partial charge in [0.25, 0.3) is 0 Å². The summed E-state index contributed by atoms with van der Waals surface area (Å²) in [5, 5.41) is 1.76. The second-order valence-corrected chi connectivity index (χ2v) is 12.1. The molecule has 4 nitrogen and oxygen atoms in total. The second-order valence-electron chi connectivity index (χ2n) is 10.5. The molecular formula is C23H43N3OS2. The molecule has 3 aliphatic rings. The van der Waals surface area contributed by atoms with Crippen molar-refractivity contribution in [3.05, 3.63) is 0 Å². The first kappa shape index (κ1) is 23.9. The summed E-state index contributed by atoms with van der Waals surface area (Å²) in [5.74, 6) is 1.71. The summed E-state index contributed by atoms with van der Waals surface area (Å²) >= 11 is 7.05. The molecule has 168 valence electrons. The summed E-state index contributed by atoms with van der Waals surface area (Å²) in [5.41, 5.74) is -0.252. The van der Waals surface area contributed by atoms with Crippen molar-refractivity contribution < 1.29 is 4.74 Å². The molecule has 1 aliphatic carbocycles. The maximum absolute atomic E-state index is 6.09. The van der Waals surface area contributed by atoms with E-state index in [2.05, 4.69) is 48.7 Å². The topological polar surface area (TPSA) is 19.0 Å². The van der Waals surface area contributed by atoms with Crippen LogP contribution in [0.2, 0.25) is 0 Å². The Morgan fingerprint density at radius 2 is 1.41 bits per heavy atom. The lowest BCUT2D eigenvalue weighted by molar-refractivity contribution is -0.0915. The van der Waals surface area contributed by atoms with E-state index in [9.17, 15) is 0 Å². The Morgan fingerprint density at radius 3 is 1.90 bits per heavy atom. The van der Waals surface area contributed by atoms with Gasteiger partial charge >= 0.3 is 0 Å². The normalized spacial score (nSPS) is 29.0. The summed E-state index contributed by atoms with van der Waals surface area (Å²) in [6.45, 7) is 19.0. The molecular weight excluding hydrogens is 398 g/mol. The number of thioether (sulfide) groups is 1. The van der Waals surface area contributed by atoms with E-state index in [1.165, 1.54) is 78.0 Å². The largest absolute Gasteiger partial charge is 0.367 e. The van der Waals surface area contributed by atoms with Crippen LogP contribution in [0, 0.1) is 11.8 Å². The van der Waals surface area contributed by atoms with Crippen LogP contribution in [-0.2, 0) is 4.74 Å². The zero-order valence-electron chi connectivity index (χ0n) is 19.4. The molecule has 0 radical (unpaired) electrons. The number of likely N-dealkylation sites (tertiary alicyclic amines) is 1. The van der Waals surface area contributed by atoms with Crippen LogP contribution in [0.3, 0.4) is 0 Å². The number of ether oxygens (including phenoxy) is 1. The molecule has 29 heavy (non-hydrogen) atoms. The number of thiocarbonyl (C=S) groups is 1. The molecule has 1 saturated carbocycles. The van der Waals surface area contributed by atoms with Crippen LogP contribution in [-0.4, -0.2) is 95.3 Å². The third-order valence-electron chi connectivity index (χ3n) is 7.32. The maximum Gasteiger partial charge on any atom is 0.0911 e. The van der Waals surface area contributed by atoms with Gasteiger partial charge in [0.15, 0.2) is 0 Å². The monoisotopic (exact) mass is 441 g/mol. The van der Waals surface area contributed by atoms with Gasteiger partial charge in [-0.1, -0.05) is 12.2 Å². The van der Waals surface area contributed by atoms with Crippen LogP contribution in [0.1, 0.15) is 53.4 Å². The quantitative estimate of drug-likeness (QED) is 0.500. The van der Waals surface area contributed by atoms with Crippen LogP contribution >= 0.6 is 24.0 Å². The zero-order chi connectivity index (χ0) is 21.1. The minimum Gasteiger partial charge on any atom is -0.367 e. The Hall–Kier alpha value is 0.280. The highest BCUT2D eigenvalue weighted by molar-refractivity contribution is 7.99. The molecule has 3 rings (SSSR count). The van der Waals surface area contributed by atoms with Gasteiger partial charge in [0.1, 0.15) is 0 Å². The fourth-order valence-corrected chi connectivity index (χ4v) is 5.54. The van der Waals surface area contributed by atoms with E-state index in [-0.39, 0.29) is 5.60 Å². The minimum absolute atomic E-state index is 0.252. The molecule has 2 saturated heterocycles. The first-order valence-corrected chi connectivity index (χ1v) is 13.3. The summed E-state index contributed by atoms with van der Waals surface area (Å²) in [7, 11) is 0. The zero-order valence-corrected chi connectivity index (χ0v) is 21.0. The summed E-state index contributed by atoms with van der Waals surface area (Å²) in [4.78, 5) is 8.38. The van der Waals surface area contributed by atoms with E-state index in [1.54, 1.807) is 5.37 Å². The molecule has 0 bridgehead atoms. The Bertz CT molecular complexity index is 520. The first-order valence-electron chi connectivity index (χ1n) is 11.6. The van der Waals surface area contributed by atoms with Gasteiger partial charge in [-0.3, -0.25) is 4.90 Å². The molecule has 0 aromatic rings. The van der Waals surface area contributed by atoms with Gasteiger partial charge in [-0.15, -0.1) is 11.8 Å².